The topological polar surface area (TPSA) is 26.3 Å². The van der Waals surface area contributed by atoms with Crippen molar-refractivity contribution >= 4 is 33.0 Å². The van der Waals surface area contributed by atoms with Crippen molar-refractivity contribution in [1.29, 1.82) is 0 Å². The number of ketones is 1. The van der Waals surface area contributed by atoms with Crippen molar-refractivity contribution in [3.63, 3.8) is 0 Å². The Kier molecular flexibility index (Phi) is 10.7. The molecule has 0 saturated heterocycles. The van der Waals surface area contributed by atoms with E-state index in [1.54, 1.807) is 6.07 Å². The third-order valence-electron chi connectivity index (χ3n) is 5.46. The van der Waals surface area contributed by atoms with Crippen molar-refractivity contribution in [2.24, 2.45) is 0 Å². The van der Waals surface area contributed by atoms with Gasteiger partial charge in [-0.25, -0.2) is 0 Å². The summed E-state index contributed by atoms with van der Waals surface area (Å²) in [4.78, 5) is 12.8. The summed E-state index contributed by atoms with van der Waals surface area (Å²) in [6, 6.07) is 19.9. The predicted octanol–water partition coefficient (Wildman–Crippen LogP) is 8.93. The van der Waals surface area contributed by atoms with Gasteiger partial charge >= 0.3 is 0 Å². The van der Waals surface area contributed by atoms with Gasteiger partial charge in [0.1, 0.15) is 5.75 Å². The number of hydrogen-bond acceptors (Lipinski definition) is 3. The average molecular weight is 524 g/mol. The standard InChI is InChI=1S/C29H31BrO2S/c1-2-3-4-5-6-7-8-9-22-32-26-17-15-25(16-18-26)24-13-10-23(11-14-24)12-19-27(31)28-20-21-29(30)33-28/h10-11,13-18,20-21H,2-9,22H2,1H3. The number of rotatable bonds is 12. The highest BCUT2D eigenvalue weighted by molar-refractivity contribution is 9.11. The van der Waals surface area contributed by atoms with Crippen LogP contribution in [0.3, 0.4) is 0 Å². The van der Waals surface area contributed by atoms with Crippen molar-refractivity contribution in [2.45, 2.75) is 58.3 Å². The van der Waals surface area contributed by atoms with Crippen molar-refractivity contribution in [3.8, 4) is 28.7 Å². The number of carbonyl (C=O) groups excluding carboxylic acids is 1. The lowest BCUT2D eigenvalue weighted by molar-refractivity contribution is 0.106. The van der Waals surface area contributed by atoms with Crippen LogP contribution in [0.25, 0.3) is 11.1 Å². The van der Waals surface area contributed by atoms with Gasteiger partial charge in [0, 0.05) is 5.56 Å². The van der Waals surface area contributed by atoms with Gasteiger partial charge in [-0.2, -0.15) is 0 Å². The van der Waals surface area contributed by atoms with Gasteiger partial charge in [-0.05, 0) is 75.8 Å². The van der Waals surface area contributed by atoms with Crippen LogP contribution in [-0.2, 0) is 0 Å². The molecule has 0 aliphatic heterocycles. The summed E-state index contributed by atoms with van der Waals surface area (Å²) in [7, 11) is 0. The molecule has 2 nitrogen and oxygen atoms in total. The minimum absolute atomic E-state index is 0.155. The van der Waals surface area contributed by atoms with Crippen LogP contribution in [0, 0.1) is 11.8 Å². The Labute approximate surface area is 210 Å². The van der Waals surface area contributed by atoms with Gasteiger partial charge in [0.25, 0.3) is 0 Å². The molecule has 0 amide bonds. The smallest absolute Gasteiger partial charge is 0.246 e. The van der Waals surface area contributed by atoms with Gasteiger partial charge in [-0.1, -0.05) is 82.1 Å². The lowest BCUT2D eigenvalue weighted by Crippen LogP contribution is -1.97. The second kappa shape index (κ2) is 14.0. The summed E-state index contributed by atoms with van der Waals surface area (Å²) in [6.45, 7) is 3.04. The highest BCUT2D eigenvalue weighted by Crippen LogP contribution is 2.24. The molecule has 0 aliphatic carbocycles. The summed E-state index contributed by atoms with van der Waals surface area (Å²) in [5.41, 5.74) is 3.07. The van der Waals surface area contributed by atoms with Crippen LogP contribution in [0.15, 0.2) is 64.5 Å². The molecule has 172 valence electrons. The van der Waals surface area contributed by atoms with E-state index in [1.807, 2.05) is 42.5 Å². The maximum absolute atomic E-state index is 12.1. The first-order chi connectivity index (χ1) is 16.2. The number of thiophene rings is 1. The number of Topliss-reactive ketones (excluding diaryl/α,β-unsaturated/α-hetero) is 1. The molecular weight excluding hydrogens is 492 g/mol. The minimum atomic E-state index is -0.155. The Morgan fingerprint density at radius 1 is 0.818 bits per heavy atom. The fraction of sp³-hybridized carbons (Fsp3) is 0.345. The lowest BCUT2D eigenvalue weighted by atomic mass is 10.0. The van der Waals surface area contributed by atoms with Gasteiger partial charge in [0.05, 0.1) is 15.3 Å². The number of carbonyl (C=O) groups is 1. The predicted molar refractivity (Wildman–Crippen MR) is 143 cm³/mol. The van der Waals surface area contributed by atoms with E-state index >= 15 is 0 Å². The summed E-state index contributed by atoms with van der Waals surface area (Å²) in [5, 5.41) is 0. The summed E-state index contributed by atoms with van der Waals surface area (Å²) < 4.78 is 6.83. The average Bonchev–Trinajstić information content (AvgIpc) is 3.28. The zero-order valence-electron chi connectivity index (χ0n) is 19.2. The molecule has 0 radical (unpaired) electrons. The number of unbranched alkanes of at least 4 members (excludes halogenated alkanes) is 7. The molecule has 1 aromatic heterocycles. The van der Waals surface area contributed by atoms with Gasteiger partial charge in [-0.3, -0.25) is 4.79 Å². The van der Waals surface area contributed by atoms with Gasteiger partial charge in [0.2, 0.25) is 5.78 Å². The molecule has 0 fully saturated rings. The van der Waals surface area contributed by atoms with E-state index in [0.29, 0.717) is 4.88 Å². The van der Waals surface area contributed by atoms with Crippen molar-refractivity contribution in [2.75, 3.05) is 6.61 Å². The van der Waals surface area contributed by atoms with Crippen LogP contribution in [0.1, 0.15) is 73.5 Å². The fourth-order valence-corrected chi connectivity index (χ4v) is 4.82. The van der Waals surface area contributed by atoms with Crippen LogP contribution in [0.4, 0.5) is 0 Å². The molecule has 1 heterocycles. The van der Waals surface area contributed by atoms with Crippen molar-refractivity contribution < 1.29 is 9.53 Å². The van der Waals surface area contributed by atoms with E-state index in [9.17, 15) is 4.79 Å². The quantitative estimate of drug-likeness (QED) is 0.135. The second-order valence-corrected chi connectivity index (χ2v) is 10.6. The molecule has 0 unspecified atom stereocenters. The molecule has 33 heavy (non-hydrogen) atoms. The number of benzene rings is 2. The maximum Gasteiger partial charge on any atom is 0.246 e. The Morgan fingerprint density at radius 2 is 1.42 bits per heavy atom. The van der Waals surface area contributed by atoms with Crippen LogP contribution in [-0.4, -0.2) is 12.4 Å². The Bertz CT molecular complexity index is 1060. The zero-order chi connectivity index (χ0) is 23.3. The van der Waals surface area contributed by atoms with E-state index in [1.165, 1.54) is 56.3 Å². The molecule has 3 rings (SSSR count). The molecule has 2 aromatic carbocycles. The largest absolute Gasteiger partial charge is 0.494 e. The maximum atomic E-state index is 12.1. The van der Waals surface area contributed by atoms with E-state index in [4.69, 9.17) is 4.74 Å². The highest BCUT2D eigenvalue weighted by Gasteiger charge is 2.05. The van der Waals surface area contributed by atoms with Gasteiger partial charge in [-0.15, -0.1) is 11.3 Å². The normalized spacial score (nSPS) is 10.5. The molecule has 3 aromatic rings. The monoisotopic (exact) mass is 522 g/mol. The Balaban J connectivity index is 1.42. The summed E-state index contributed by atoms with van der Waals surface area (Å²) in [6.07, 6.45) is 10.4. The van der Waals surface area contributed by atoms with Crippen LogP contribution in [0.5, 0.6) is 5.75 Å². The molecule has 4 heteroatoms. The summed E-state index contributed by atoms with van der Waals surface area (Å²) >= 11 is 4.77. The Hall–Kier alpha value is -2.35. The molecule has 0 saturated carbocycles. The zero-order valence-corrected chi connectivity index (χ0v) is 21.6. The summed E-state index contributed by atoms with van der Waals surface area (Å²) in [5.74, 6) is 6.45. The number of hydrogen-bond donors (Lipinski definition) is 0. The van der Waals surface area contributed by atoms with E-state index < -0.39 is 0 Å². The van der Waals surface area contributed by atoms with E-state index in [0.717, 1.165) is 39.3 Å². The first-order valence-electron chi connectivity index (χ1n) is 11.8. The van der Waals surface area contributed by atoms with Crippen LogP contribution in [0.2, 0.25) is 0 Å². The highest BCUT2D eigenvalue weighted by atomic mass is 79.9. The third kappa shape index (κ3) is 8.84. The van der Waals surface area contributed by atoms with E-state index in [2.05, 4.69) is 46.8 Å². The molecule has 0 N–H and O–H groups in total. The second-order valence-electron chi connectivity index (χ2n) is 8.11. The SMILES string of the molecule is CCCCCCCCCCOc1ccc(-c2ccc(C#CC(=O)c3ccc(Br)s3)cc2)cc1. The lowest BCUT2D eigenvalue weighted by Gasteiger charge is -2.08. The van der Waals surface area contributed by atoms with Crippen LogP contribution < -0.4 is 4.74 Å². The molecule has 0 aliphatic rings. The molecular formula is C29H31BrO2S. The van der Waals surface area contributed by atoms with Crippen molar-refractivity contribution in [3.05, 3.63) is 74.9 Å². The molecule has 0 atom stereocenters. The third-order valence-corrected chi connectivity index (χ3v) is 7.08. The fourth-order valence-electron chi connectivity index (χ4n) is 3.54. The number of halogens is 1. The van der Waals surface area contributed by atoms with Crippen LogP contribution >= 0.6 is 27.3 Å². The van der Waals surface area contributed by atoms with Gasteiger partial charge in [0.15, 0.2) is 0 Å². The first-order valence-corrected chi connectivity index (χ1v) is 13.4. The first kappa shape index (κ1) is 25.3. The Morgan fingerprint density at radius 3 is 2.03 bits per heavy atom. The molecule has 0 spiro atoms. The van der Waals surface area contributed by atoms with E-state index in [-0.39, 0.29) is 5.78 Å². The molecule has 0 bridgehead atoms. The van der Waals surface area contributed by atoms with Gasteiger partial charge < -0.3 is 4.74 Å². The number of ether oxygens (including phenoxy) is 1. The van der Waals surface area contributed by atoms with Crippen molar-refractivity contribution in [1.82, 2.24) is 0 Å². The minimum Gasteiger partial charge on any atom is -0.494 e.